The average molecular weight is 169 g/mol. The van der Waals surface area contributed by atoms with Crippen molar-refractivity contribution in [1.82, 2.24) is 0 Å². The average Bonchev–Trinajstić information content (AvgIpc) is 2.10. The standard InChI is InChI=1S/C8H11NO3/c1-2-6-12-7-4-3-5-8(10)9-11/h2-3,5H,1,4,6-7H2/b5-3+. The molecule has 0 saturated carbocycles. The summed E-state index contributed by atoms with van der Waals surface area (Å²) in [5.41, 5.74) is 0. The van der Waals surface area contributed by atoms with Crippen molar-refractivity contribution in [1.29, 1.82) is 0 Å². The molecule has 0 spiro atoms. The van der Waals surface area contributed by atoms with E-state index in [4.69, 9.17) is 4.74 Å². The molecule has 0 aromatic rings. The third-order valence-electron chi connectivity index (χ3n) is 1.01. The summed E-state index contributed by atoms with van der Waals surface area (Å²) in [6.07, 6.45) is 4.91. The summed E-state index contributed by atoms with van der Waals surface area (Å²) in [6.45, 7) is 4.47. The van der Waals surface area contributed by atoms with E-state index >= 15 is 0 Å². The monoisotopic (exact) mass is 169 g/mol. The van der Waals surface area contributed by atoms with Gasteiger partial charge in [-0.15, -0.1) is 11.5 Å². The molecular weight excluding hydrogens is 158 g/mol. The van der Waals surface area contributed by atoms with Gasteiger partial charge < -0.3 is 4.74 Å². The van der Waals surface area contributed by atoms with Gasteiger partial charge in [-0.05, 0) is 6.42 Å². The van der Waals surface area contributed by atoms with Crippen LogP contribution in [0.3, 0.4) is 0 Å². The first-order valence-electron chi connectivity index (χ1n) is 3.53. The fraction of sp³-hybridized carbons (Fsp3) is 0.375. The molecule has 0 heterocycles. The van der Waals surface area contributed by atoms with Gasteiger partial charge in [0.2, 0.25) is 0 Å². The van der Waals surface area contributed by atoms with Gasteiger partial charge in [-0.25, -0.2) is 0 Å². The summed E-state index contributed by atoms with van der Waals surface area (Å²) in [5.74, 6) is -0.765. The van der Waals surface area contributed by atoms with Gasteiger partial charge in [-0.2, -0.15) is 0 Å². The topological polar surface area (TPSA) is 55.7 Å². The zero-order valence-electron chi connectivity index (χ0n) is 6.73. The van der Waals surface area contributed by atoms with Gasteiger partial charge in [-0.3, -0.25) is 4.79 Å². The van der Waals surface area contributed by atoms with E-state index in [0.29, 0.717) is 19.6 Å². The molecule has 66 valence electrons. The van der Waals surface area contributed by atoms with Crippen molar-refractivity contribution in [2.45, 2.75) is 6.42 Å². The number of carbonyl (C=O) groups excluding carboxylic acids is 1. The molecule has 0 bridgehead atoms. The largest absolute Gasteiger partial charge is 0.377 e. The first-order valence-corrected chi connectivity index (χ1v) is 3.53. The second kappa shape index (κ2) is 7.81. The van der Waals surface area contributed by atoms with Crippen LogP contribution in [0.5, 0.6) is 0 Å². The van der Waals surface area contributed by atoms with E-state index in [1.54, 1.807) is 12.2 Å². The molecule has 0 unspecified atom stereocenters. The highest BCUT2D eigenvalue weighted by Gasteiger charge is 1.89. The minimum Gasteiger partial charge on any atom is -0.377 e. The smallest absolute Gasteiger partial charge is 0.309 e. The lowest BCUT2D eigenvalue weighted by Gasteiger charge is -1.94. The molecule has 0 N–H and O–H groups in total. The number of nitroso groups, excluding NO2 is 1. The van der Waals surface area contributed by atoms with Crippen LogP contribution in [0.1, 0.15) is 6.42 Å². The van der Waals surface area contributed by atoms with Crippen molar-refractivity contribution in [3.05, 3.63) is 29.7 Å². The minimum absolute atomic E-state index is 0.494. The maximum absolute atomic E-state index is 10.3. The summed E-state index contributed by atoms with van der Waals surface area (Å²) in [4.78, 5) is 19.9. The number of nitrogens with zero attached hydrogens (tertiary/aromatic N) is 1. The van der Waals surface area contributed by atoms with E-state index < -0.39 is 5.91 Å². The predicted molar refractivity (Wildman–Crippen MR) is 45.6 cm³/mol. The lowest BCUT2D eigenvalue weighted by Crippen LogP contribution is -1.92. The second-order valence-electron chi connectivity index (χ2n) is 1.98. The molecule has 4 heteroatoms. The molecule has 0 aliphatic carbocycles. The highest BCUT2D eigenvalue weighted by Crippen LogP contribution is 1.87. The van der Waals surface area contributed by atoms with Crippen molar-refractivity contribution >= 4 is 5.91 Å². The van der Waals surface area contributed by atoms with E-state index in [2.05, 4.69) is 11.8 Å². The lowest BCUT2D eigenvalue weighted by molar-refractivity contribution is -0.113. The van der Waals surface area contributed by atoms with Crippen molar-refractivity contribution < 1.29 is 9.53 Å². The van der Waals surface area contributed by atoms with Crippen molar-refractivity contribution in [2.24, 2.45) is 5.18 Å². The van der Waals surface area contributed by atoms with Crippen LogP contribution in [-0.4, -0.2) is 19.1 Å². The summed E-state index contributed by atoms with van der Waals surface area (Å²) < 4.78 is 5.01. The number of carbonyl (C=O) groups is 1. The van der Waals surface area contributed by atoms with Gasteiger partial charge in [-0.1, -0.05) is 12.2 Å². The van der Waals surface area contributed by atoms with Crippen LogP contribution in [-0.2, 0) is 9.53 Å². The SMILES string of the molecule is C=CCOCC/C=C/C(=O)N=O. The molecule has 0 aliphatic rings. The van der Waals surface area contributed by atoms with Crippen molar-refractivity contribution in [2.75, 3.05) is 13.2 Å². The summed E-state index contributed by atoms with van der Waals surface area (Å²) in [5, 5.41) is 2.19. The Bertz CT molecular complexity index is 187. The molecule has 0 atom stereocenters. The second-order valence-corrected chi connectivity index (χ2v) is 1.98. The Labute approximate surface area is 70.9 Å². The first kappa shape index (κ1) is 10.7. The number of hydrogen-bond acceptors (Lipinski definition) is 3. The molecule has 12 heavy (non-hydrogen) atoms. The number of amides is 1. The fourth-order valence-electron chi connectivity index (χ4n) is 0.533. The summed E-state index contributed by atoms with van der Waals surface area (Å²) >= 11 is 0. The minimum atomic E-state index is -0.765. The lowest BCUT2D eigenvalue weighted by atomic mass is 10.4. The fourth-order valence-corrected chi connectivity index (χ4v) is 0.533. The quantitative estimate of drug-likeness (QED) is 0.261. The highest BCUT2D eigenvalue weighted by molar-refractivity contribution is 5.87. The Kier molecular flexibility index (Phi) is 6.97. The van der Waals surface area contributed by atoms with Gasteiger partial charge in [0, 0.05) is 11.3 Å². The molecule has 0 aliphatic heterocycles. The van der Waals surface area contributed by atoms with Crippen LogP contribution in [0, 0.1) is 4.91 Å². The van der Waals surface area contributed by atoms with E-state index in [1.165, 1.54) is 0 Å². The van der Waals surface area contributed by atoms with Gasteiger partial charge in [0.1, 0.15) is 0 Å². The Morgan fingerprint density at radius 1 is 1.58 bits per heavy atom. The van der Waals surface area contributed by atoms with Crippen LogP contribution < -0.4 is 0 Å². The Hall–Kier alpha value is -1.29. The van der Waals surface area contributed by atoms with Crippen molar-refractivity contribution in [3.63, 3.8) is 0 Å². The van der Waals surface area contributed by atoms with Crippen LogP contribution in [0.2, 0.25) is 0 Å². The third-order valence-corrected chi connectivity index (χ3v) is 1.01. The molecule has 0 saturated heterocycles. The third kappa shape index (κ3) is 6.82. The zero-order chi connectivity index (χ0) is 9.23. The molecule has 0 radical (unpaired) electrons. The van der Waals surface area contributed by atoms with Gasteiger partial charge in [0.15, 0.2) is 0 Å². The van der Waals surface area contributed by atoms with Crippen LogP contribution >= 0.6 is 0 Å². The van der Waals surface area contributed by atoms with E-state index in [-0.39, 0.29) is 0 Å². The maximum atomic E-state index is 10.3. The van der Waals surface area contributed by atoms with Crippen LogP contribution in [0.15, 0.2) is 30.0 Å². The summed E-state index contributed by atoms with van der Waals surface area (Å²) in [7, 11) is 0. The Morgan fingerprint density at radius 2 is 2.33 bits per heavy atom. The number of ether oxygens (including phenoxy) is 1. The predicted octanol–water partition coefficient (Wildman–Crippen LogP) is 1.43. The Morgan fingerprint density at radius 3 is 2.92 bits per heavy atom. The van der Waals surface area contributed by atoms with Crippen molar-refractivity contribution in [3.8, 4) is 0 Å². The Balaban J connectivity index is 3.29. The maximum Gasteiger partial charge on any atom is 0.309 e. The first-order chi connectivity index (χ1) is 5.81. The van der Waals surface area contributed by atoms with E-state index in [1.807, 2.05) is 0 Å². The zero-order valence-corrected chi connectivity index (χ0v) is 6.73. The van der Waals surface area contributed by atoms with Gasteiger partial charge >= 0.3 is 5.91 Å². The molecule has 0 fully saturated rings. The molecule has 0 rings (SSSR count). The van der Waals surface area contributed by atoms with Gasteiger partial charge in [0.05, 0.1) is 13.2 Å². The highest BCUT2D eigenvalue weighted by atomic mass is 16.5. The molecule has 4 nitrogen and oxygen atoms in total. The normalized spacial score (nSPS) is 10.0. The molecule has 0 aromatic heterocycles. The van der Waals surface area contributed by atoms with Crippen LogP contribution in [0.25, 0.3) is 0 Å². The van der Waals surface area contributed by atoms with Crippen LogP contribution in [0.4, 0.5) is 0 Å². The molecule has 0 aromatic carbocycles. The molecular formula is C8H11NO3. The summed E-state index contributed by atoms with van der Waals surface area (Å²) in [6, 6.07) is 0. The number of rotatable bonds is 6. The number of hydrogen-bond donors (Lipinski definition) is 0. The molecule has 1 amide bonds. The van der Waals surface area contributed by atoms with Gasteiger partial charge in [0.25, 0.3) is 0 Å². The van der Waals surface area contributed by atoms with E-state index in [0.717, 1.165) is 6.08 Å². The van der Waals surface area contributed by atoms with E-state index in [9.17, 15) is 9.70 Å².